The summed E-state index contributed by atoms with van der Waals surface area (Å²) in [7, 11) is 0. The van der Waals surface area contributed by atoms with Gasteiger partial charge < -0.3 is 41.0 Å². The molecule has 6 rings (SSSR count). The van der Waals surface area contributed by atoms with Crippen molar-refractivity contribution >= 4 is 17.7 Å². The number of carbonyl (C=O) groups excluding carboxylic acids is 2. The van der Waals surface area contributed by atoms with Crippen LogP contribution in [0, 0.1) is 11.8 Å². The van der Waals surface area contributed by atoms with Gasteiger partial charge in [-0.25, -0.2) is 9.78 Å². The number of fused-ring (bicyclic) bond motifs is 3. The molecule has 2 aromatic rings. The molecule has 2 atom stereocenters. The fourth-order valence-corrected chi connectivity index (χ4v) is 6.18. The minimum atomic E-state index is -1.70. The molecule has 3 saturated heterocycles. The summed E-state index contributed by atoms with van der Waals surface area (Å²) in [5, 5.41) is 14.5. The lowest BCUT2D eigenvalue weighted by molar-refractivity contribution is -0.939. The van der Waals surface area contributed by atoms with Crippen molar-refractivity contribution in [1.29, 1.82) is 0 Å². The third-order valence-electron chi connectivity index (χ3n) is 8.08. The maximum atomic E-state index is 13.6. The molecule has 2 bridgehead atoms. The second-order valence-corrected chi connectivity index (χ2v) is 10.2. The van der Waals surface area contributed by atoms with E-state index in [4.69, 9.17) is 9.15 Å². The topological polar surface area (TPSA) is 115 Å². The molecule has 4 aliphatic rings. The largest absolute Gasteiger partial charge is 1.00 e. The van der Waals surface area contributed by atoms with E-state index in [9.17, 15) is 14.7 Å². The van der Waals surface area contributed by atoms with Gasteiger partial charge >= 0.3 is 5.97 Å². The Balaban J connectivity index is 0.00000289. The van der Waals surface area contributed by atoms with Crippen molar-refractivity contribution in [3.8, 4) is 0 Å². The van der Waals surface area contributed by atoms with Crippen LogP contribution in [0.5, 0.6) is 0 Å². The van der Waals surface area contributed by atoms with Crippen molar-refractivity contribution in [2.24, 2.45) is 11.8 Å². The molecule has 3 aliphatic heterocycles. The van der Waals surface area contributed by atoms with Crippen LogP contribution in [0.15, 0.2) is 41.6 Å². The molecule has 1 unspecified atom stereocenters. The first-order valence-electron chi connectivity index (χ1n) is 12.4. The quantitative estimate of drug-likeness (QED) is 0.358. The number of rotatable bonds is 7. The smallest absolute Gasteiger partial charge is 0.343 e. The van der Waals surface area contributed by atoms with Gasteiger partial charge in [0.1, 0.15) is 6.54 Å². The minimum absolute atomic E-state index is 0. The number of furan rings is 1. The highest BCUT2D eigenvalue weighted by Gasteiger charge is 2.53. The average molecular weight is 549 g/mol. The zero-order chi connectivity index (χ0) is 23.6. The van der Waals surface area contributed by atoms with Gasteiger partial charge in [-0.15, -0.1) is 0 Å². The zero-order valence-electron chi connectivity index (χ0n) is 19.8. The lowest BCUT2D eigenvalue weighted by Gasteiger charge is -2.52. The van der Waals surface area contributed by atoms with Crippen molar-refractivity contribution < 1.29 is 45.3 Å². The van der Waals surface area contributed by atoms with Gasteiger partial charge in [-0.3, -0.25) is 9.78 Å². The number of carbonyl (C=O) groups is 2. The van der Waals surface area contributed by atoms with Gasteiger partial charge in [-0.1, -0.05) is 19.3 Å². The van der Waals surface area contributed by atoms with Crippen LogP contribution in [0.4, 0.5) is 5.82 Å². The highest BCUT2D eigenvalue weighted by Crippen LogP contribution is 2.42. The Labute approximate surface area is 215 Å². The van der Waals surface area contributed by atoms with Gasteiger partial charge in [-0.2, -0.15) is 0 Å². The fourth-order valence-electron chi connectivity index (χ4n) is 6.18. The molecular weight excluding hydrogens is 516 g/mol. The van der Waals surface area contributed by atoms with Crippen LogP contribution in [0.25, 0.3) is 0 Å². The van der Waals surface area contributed by atoms with E-state index in [1.807, 2.05) is 0 Å². The molecule has 4 fully saturated rings. The van der Waals surface area contributed by atoms with Crippen LogP contribution in [0.1, 0.15) is 50.5 Å². The molecule has 5 heterocycles. The molecule has 1 saturated carbocycles. The summed E-state index contributed by atoms with van der Waals surface area (Å²) in [5.41, 5.74) is -1.23. The monoisotopic (exact) mass is 548 g/mol. The van der Waals surface area contributed by atoms with Crippen LogP contribution < -0.4 is 22.3 Å². The van der Waals surface area contributed by atoms with Crippen LogP contribution in [-0.2, 0) is 19.9 Å². The molecule has 1 aliphatic carbocycles. The Hall–Kier alpha value is -2.30. The molecule has 9 nitrogen and oxygen atoms in total. The first-order valence-corrected chi connectivity index (χ1v) is 12.4. The predicted octanol–water partition coefficient (Wildman–Crippen LogP) is -0.368. The summed E-state index contributed by atoms with van der Waals surface area (Å²) in [6.45, 7) is 2.63. The van der Waals surface area contributed by atoms with E-state index in [0.717, 1.165) is 58.0 Å². The van der Waals surface area contributed by atoms with Crippen LogP contribution in [0.2, 0.25) is 0 Å². The molecule has 0 spiro atoms. The highest BCUT2D eigenvalue weighted by atomic mass is 79.9. The molecule has 1 amide bonds. The number of anilines is 1. The number of nitrogens with one attached hydrogen (secondary N) is 1. The Morgan fingerprint density at radius 2 is 1.94 bits per heavy atom. The first kappa shape index (κ1) is 25.8. The maximum absolute atomic E-state index is 13.6. The second-order valence-electron chi connectivity index (χ2n) is 10.2. The minimum Gasteiger partial charge on any atom is -1.00 e. The summed E-state index contributed by atoms with van der Waals surface area (Å²) in [6.07, 6.45) is 13.7. The fraction of sp³-hybridized carbons (Fsp3) is 0.600. The molecule has 0 aromatic carbocycles. The molecule has 10 heteroatoms. The van der Waals surface area contributed by atoms with E-state index in [1.54, 1.807) is 12.3 Å². The summed E-state index contributed by atoms with van der Waals surface area (Å²) < 4.78 is 11.9. The molecule has 2 N–H and O–H groups in total. The summed E-state index contributed by atoms with van der Waals surface area (Å²) in [5.74, 6) is -0.205. The van der Waals surface area contributed by atoms with E-state index >= 15 is 0 Å². The van der Waals surface area contributed by atoms with Crippen LogP contribution in [0.3, 0.4) is 0 Å². The average Bonchev–Trinajstić information content (AvgIpc) is 3.40. The molecule has 35 heavy (non-hydrogen) atoms. The number of piperidine rings is 3. The summed E-state index contributed by atoms with van der Waals surface area (Å²) >= 11 is 0. The third kappa shape index (κ3) is 5.29. The Morgan fingerprint density at radius 3 is 2.60 bits per heavy atom. The van der Waals surface area contributed by atoms with E-state index in [-0.39, 0.29) is 40.8 Å². The Morgan fingerprint density at radius 1 is 1.17 bits per heavy atom. The number of nitrogens with zero attached hydrogens (tertiary/aromatic N) is 3. The first-order chi connectivity index (χ1) is 16.5. The van der Waals surface area contributed by atoms with E-state index in [1.165, 1.54) is 24.9 Å². The van der Waals surface area contributed by atoms with Crippen molar-refractivity contribution in [1.82, 2.24) is 9.97 Å². The lowest BCUT2D eigenvalue weighted by Crippen LogP contribution is -3.00. The van der Waals surface area contributed by atoms with Gasteiger partial charge in [0.05, 0.1) is 31.8 Å². The second kappa shape index (κ2) is 10.8. The number of quaternary nitrogens is 1. The number of aromatic nitrogens is 2. The Bertz CT molecular complexity index is 991. The SMILES string of the molecule is O=C(C[N+]12CCC(CC1)[C@@H](OC(=O)C(O)(c1ccoc1)C1CCCCC1)C2)Nc1cnccn1.[Br-]. The number of hydrogen-bond donors (Lipinski definition) is 2. The van der Waals surface area contributed by atoms with E-state index < -0.39 is 11.6 Å². The number of ether oxygens (including phenoxy) is 1. The summed E-state index contributed by atoms with van der Waals surface area (Å²) in [6, 6.07) is 1.66. The van der Waals surface area contributed by atoms with Crippen molar-refractivity contribution in [3.05, 3.63) is 42.7 Å². The predicted molar refractivity (Wildman–Crippen MR) is 122 cm³/mol. The van der Waals surface area contributed by atoms with Crippen LogP contribution in [-0.4, -0.2) is 63.7 Å². The molecule has 2 aromatic heterocycles. The zero-order valence-corrected chi connectivity index (χ0v) is 21.4. The van der Waals surface area contributed by atoms with Gasteiger partial charge in [0.25, 0.3) is 5.91 Å². The number of hydrogen-bond acceptors (Lipinski definition) is 7. The van der Waals surface area contributed by atoms with Crippen molar-refractivity contribution in [2.45, 2.75) is 56.7 Å². The van der Waals surface area contributed by atoms with E-state index in [2.05, 4.69) is 15.3 Å². The number of amides is 1. The maximum Gasteiger partial charge on any atom is 0.343 e. The van der Waals surface area contributed by atoms with E-state index in [0.29, 0.717) is 29.0 Å². The number of esters is 1. The van der Waals surface area contributed by atoms with Gasteiger partial charge in [0, 0.05) is 42.6 Å². The van der Waals surface area contributed by atoms with Gasteiger partial charge in [0.15, 0.2) is 24.1 Å². The summed E-state index contributed by atoms with van der Waals surface area (Å²) in [4.78, 5) is 34.4. The Kier molecular flexibility index (Phi) is 7.92. The lowest BCUT2D eigenvalue weighted by atomic mass is 9.74. The van der Waals surface area contributed by atoms with Gasteiger partial charge in [0.2, 0.25) is 0 Å². The van der Waals surface area contributed by atoms with Crippen molar-refractivity contribution in [2.75, 3.05) is 31.5 Å². The third-order valence-corrected chi connectivity index (χ3v) is 8.08. The molecule has 0 radical (unpaired) electrons. The number of halogens is 1. The molecular formula is C25H33BrN4O5. The van der Waals surface area contributed by atoms with Crippen LogP contribution >= 0.6 is 0 Å². The van der Waals surface area contributed by atoms with Crippen molar-refractivity contribution in [3.63, 3.8) is 0 Å². The molecule has 190 valence electrons. The normalized spacial score (nSPS) is 27.9. The highest BCUT2D eigenvalue weighted by molar-refractivity contribution is 5.90. The standard InChI is InChI=1S/C25H32N4O5.BrH/c30-23(28-22-14-26-9-10-27-22)16-29-11-6-18(7-12-29)21(15-29)34-24(31)25(32,20-8-13-33-17-20)19-4-2-1-3-5-19;/h8-10,13-14,17-19,21,32H,1-7,11-12,15-16H2;1H/t18?,21-,25?,29?;/m0./s1. The number of aliphatic hydroxyl groups is 1. The van der Waals surface area contributed by atoms with Gasteiger partial charge in [-0.05, 0) is 18.9 Å².